The van der Waals surface area contributed by atoms with Gasteiger partial charge in [-0.05, 0) is 57.0 Å². The largest absolute Gasteiger partial charge is 0.381 e. The number of hydrogen-bond donors (Lipinski definition) is 1. The number of rotatable bonds is 5. The monoisotopic (exact) mass is 336 g/mol. The maximum Gasteiger partial charge on any atom is 0.223 e. The number of ether oxygens (including phenoxy) is 1. The second-order valence-corrected chi connectivity index (χ2v) is 7.39. The quantitative estimate of drug-likeness (QED) is 0.898. The number of carbonyl (C=O) groups is 1. The van der Waals surface area contributed by atoms with Gasteiger partial charge in [-0.15, -0.1) is 0 Å². The molecule has 0 spiro atoms. The van der Waals surface area contributed by atoms with Gasteiger partial charge in [-0.3, -0.25) is 4.79 Å². The minimum Gasteiger partial charge on any atom is -0.381 e. The number of carbonyl (C=O) groups excluding carboxylic acids is 1. The zero-order valence-corrected chi connectivity index (χ0v) is 14.6. The molecule has 5 heteroatoms. The van der Waals surface area contributed by atoms with Crippen LogP contribution in [0.1, 0.15) is 30.7 Å². The topological polar surface area (TPSA) is 41.6 Å². The van der Waals surface area contributed by atoms with Gasteiger partial charge < -0.3 is 15.0 Å². The maximum absolute atomic E-state index is 12.5. The van der Waals surface area contributed by atoms with Crippen LogP contribution in [0.2, 0.25) is 5.02 Å². The molecule has 23 heavy (non-hydrogen) atoms. The molecule has 4 nitrogen and oxygen atoms in total. The zero-order chi connectivity index (χ0) is 16.4. The molecule has 1 aliphatic carbocycles. The second-order valence-electron chi connectivity index (χ2n) is 6.95. The molecule has 2 atom stereocenters. The number of nitrogens with zero attached hydrogens (tertiary/aromatic N) is 1. The third kappa shape index (κ3) is 3.70. The van der Waals surface area contributed by atoms with Crippen molar-refractivity contribution in [3.63, 3.8) is 0 Å². The number of hydrogen-bond acceptors (Lipinski definition) is 3. The Morgan fingerprint density at radius 2 is 1.96 bits per heavy atom. The first-order chi connectivity index (χ1) is 11.0. The van der Waals surface area contributed by atoms with Gasteiger partial charge in [0.25, 0.3) is 0 Å². The van der Waals surface area contributed by atoms with Gasteiger partial charge >= 0.3 is 0 Å². The highest BCUT2D eigenvalue weighted by atomic mass is 35.5. The van der Waals surface area contributed by atoms with Crippen molar-refractivity contribution < 1.29 is 9.53 Å². The molecule has 1 aromatic rings. The first-order valence-electron chi connectivity index (χ1n) is 8.30. The standard InChI is InChI=1S/C18H25ClN2O2/c1-21(2)18(7-9-23-10-8-18)12-20-17(22)16-11-15(16)13-3-5-14(19)6-4-13/h3-6,15-16H,7-12H2,1-2H3,(H,20,22)/t15-,16-/m0/s1. The van der Waals surface area contributed by atoms with Gasteiger partial charge in [0.2, 0.25) is 5.91 Å². The van der Waals surface area contributed by atoms with Crippen LogP contribution in [0.25, 0.3) is 0 Å². The molecule has 1 saturated carbocycles. The molecule has 126 valence electrons. The molecule has 1 N–H and O–H groups in total. The number of halogens is 1. The molecular formula is C18H25ClN2O2. The van der Waals surface area contributed by atoms with Crippen molar-refractivity contribution in [2.75, 3.05) is 33.9 Å². The molecule has 1 aliphatic heterocycles. The SMILES string of the molecule is CN(C)C1(CNC(=O)[C@H]2C[C@H]2c2ccc(Cl)cc2)CCOCC1. The lowest BCUT2D eigenvalue weighted by Crippen LogP contribution is -2.55. The van der Waals surface area contributed by atoms with E-state index in [4.69, 9.17) is 16.3 Å². The number of benzene rings is 1. The molecule has 2 fully saturated rings. The van der Waals surface area contributed by atoms with Crippen LogP contribution in [0.5, 0.6) is 0 Å². The van der Waals surface area contributed by atoms with Crippen molar-refractivity contribution in [1.82, 2.24) is 10.2 Å². The van der Waals surface area contributed by atoms with Crippen molar-refractivity contribution >= 4 is 17.5 Å². The first-order valence-corrected chi connectivity index (χ1v) is 8.68. The Morgan fingerprint density at radius 3 is 2.57 bits per heavy atom. The number of nitrogens with one attached hydrogen (secondary N) is 1. The molecule has 1 aromatic carbocycles. The summed E-state index contributed by atoms with van der Waals surface area (Å²) in [6, 6.07) is 7.85. The lowest BCUT2D eigenvalue weighted by atomic mass is 9.88. The first kappa shape index (κ1) is 16.7. The van der Waals surface area contributed by atoms with Crippen LogP contribution in [0.3, 0.4) is 0 Å². The summed E-state index contributed by atoms with van der Waals surface area (Å²) in [6.45, 7) is 2.24. The van der Waals surface area contributed by atoms with Gasteiger partial charge in [0, 0.05) is 36.2 Å². The van der Waals surface area contributed by atoms with Crippen LogP contribution in [0.15, 0.2) is 24.3 Å². The lowest BCUT2D eigenvalue weighted by molar-refractivity contribution is -0.123. The summed E-state index contributed by atoms with van der Waals surface area (Å²) in [7, 11) is 4.18. The fourth-order valence-electron chi connectivity index (χ4n) is 3.48. The van der Waals surface area contributed by atoms with Crippen molar-refractivity contribution in [2.24, 2.45) is 5.92 Å². The third-order valence-corrected chi connectivity index (χ3v) is 5.64. The van der Waals surface area contributed by atoms with E-state index in [1.54, 1.807) is 0 Å². The Hall–Kier alpha value is -1.10. The van der Waals surface area contributed by atoms with E-state index in [9.17, 15) is 4.79 Å². The average Bonchev–Trinajstić information content (AvgIpc) is 3.35. The van der Waals surface area contributed by atoms with E-state index < -0.39 is 0 Å². The van der Waals surface area contributed by atoms with E-state index in [1.165, 1.54) is 5.56 Å². The van der Waals surface area contributed by atoms with Gasteiger partial charge in [0.15, 0.2) is 0 Å². The molecule has 2 aliphatic rings. The number of likely N-dealkylation sites (N-methyl/N-ethyl adjacent to an activating group) is 1. The molecule has 0 unspecified atom stereocenters. The van der Waals surface area contributed by atoms with Gasteiger partial charge in [-0.25, -0.2) is 0 Å². The Morgan fingerprint density at radius 1 is 1.30 bits per heavy atom. The minimum atomic E-state index is 0.0264. The number of amides is 1. The van der Waals surface area contributed by atoms with Crippen LogP contribution in [-0.2, 0) is 9.53 Å². The summed E-state index contributed by atoms with van der Waals surface area (Å²) in [4.78, 5) is 14.7. The summed E-state index contributed by atoms with van der Waals surface area (Å²) in [5.74, 6) is 0.630. The fraction of sp³-hybridized carbons (Fsp3) is 0.611. The lowest BCUT2D eigenvalue weighted by Gasteiger charge is -2.42. The second kappa shape index (κ2) is 6.80. The summed E-state index contributed by atoms with van der Waals surface area (Å²) in [5, 5.41) is 3.92. The van der Waals surface area contributed by atoms with Gasteiger partial charge in [0.05, 0.1) is 0 Å². The van der Waals surface area contributed by atoms with Crippen LogP contribution in [0.4, 0.5) is 0 Å². The predicted molar refractivity (Wildman–Crippen MR) is 91.8 cm³/mol. The summed E-state index contributed by atoms with van der Waals surface area (Å²) < 4.78 is 5.48. The Bertz CT molecular complexity index is 553. The minimum absolute atomic E-state index is 0.0264. The predicted octanol–water partition coefficient (Wildman–Crippen LogP) is 2.67. The molecule has 1 amide bonds. The van der Waals surface area contributed by atoms with Crippen molar-refractivity contribution in [3.05, 3.63) is 34.9 Å². The van der Waals surface area contributed by atoms with Crippen LogP contribution < -0.4 is 5.32 Å². The average molecular weight is 337 g/mol. The van der Waals surface area contributed by atoms with Crippen molar-refractivity contribution in [2.45, 2.75) is 30.7 Å². The third-order valence-electron chi connectivity index (χ3n) is 5.39. The van der Waals surface area contributed by atoms with Crippen LogP contribution in [-0.4, -0.2) is 50.2 Å². The van der Waals surface area contributed by atoms with Crippen LogP contribution in [0, 0.1) is 5.92 Å². The molecule has 0 radical (unpaired) electrons. The summed E-state index contributed by atoms with van der Waals surface area (Å²) in [6.07, 6.45) is 2.86. The van der Waals surface area contributed by atoms with E-state index in [0.717, 1.165) is 37.5 Å². The maximum atomic E-state index is 12.5. The van der Waals surface area contributed by atoms with Gasteiger partial charge in [-0.1, -0.05) is 23.7 Å². The highest BCUT2D eigenvalue weighted by Gasteiger charge is 2.45. The Kier molecular flexibility index (Phi) is 4.95. The molecule has 3 rings (SSSR count). The summed E-state index contributed by atoms with van der Waals surface area (Å²) >= 11 is 5.92. The van der Waals surface area contributed by atoms with E-state index in [2.05, 4.69) is 24.3 Å². The van der Waals surface area contributed by atoms with E-state index in [1.807, 2.05) is 24.3 Å². The molecule has 1 heterocycles. The molecule has 1 saturated heterocycles. The Balaban J connectivity index is 1.55. The smallest absolute Gasteiger partial charge is 0.223 e. The molecule has 0 aromatic heterocycles. The molecule has 0 bridgehead atoms. The van der Waals surface area contributed by atoms with Crippen molar-refractivity contribution in [1.29, 1.82) is 0 Å². The Labute approximate surface area is 143 Å². The summed E-state index contributed by atoms with van der Waals surface area (Å²) in [5.41, 5.74) is 1.24. The fourth-order valence-corrected chi connectivity index (χ4v) is 3.61. The van der Waals surface area contributed by atoms with E-state index >= 15 is 0 Å². The van der Waals surface area contributed by atoms with Gasteiger partial charge in [0.1, 0.15) is 0 Å². The highest BCUT2D eigenvalue weighted by molar-refractivity contribution is 6.30. The normalized spacial score (nSPS) is 26.1. The molecular weight excluding hydrogens is 312 g/mol. The van der Waals surface area contributed by atoms with Crippen molar-refractivity contribution in [3.8, 4) is 0 Å². The zero-order valence-electron chi connectivity index (χ0n) is 13.8. The van der Waals surface area contributed by atoms with Gasteiger partial charge in [-0.2, -0.15) is 0 Å². The van der Waals surface area contributed by atoms with E-state index in [-0.39, 0.29) is 17.4 Å². The van der Waals surface area contributed by atoms with Crippen LogP contribution >= 0.6 is 11.6 Å². The van der Waals surface area contributed by atoms with E-state index in [0.29, 0.717) is 12.5 Å². The highest BCUT2D eigenvalue weighted by Crippen LogP contribution is 2.47.